The normalized spacial score (nSPS) is 16.8. The first kappa shape index (κ1) is 16.1. The highest BCUT2D eigenvalue weighted by atomic mass is 32.2. The summed E-state index contributed by atoms with van der Waals surface area (Å²) in [6, 6.07) is 14.1. The summed E-state index contributed by atoms with van der Waals surface area (Å²) in [7, 11) is 0. The Morgan fingerprint density at radius 3 is 2.96 bits per heavy atom. The third-order valence-electron chi connectivity index (χ3n) is 5.06. The van der Waals surface area contributed by atoms with Crippen LogP contribution in [0.1, 0.15) is 36.1 Å². The molecule has 1 aliphatic rings. The lowest BCUT2D eigenvalue weighted by Crippen LogP contribution is -2.26. The molecule has 1 atom stereocenters. The number of rotatable bonds is 3. The Balaban J connectivity index is 1.60. The molecule has 0 bridgehead atoms. The van der Waals surface area contributed by atoms with Gasteiger partial charge >= 0.3 is 0 Å². The maximum atomic E-state index is 4.48. The van der Waals surface area contributed by atoms with Crippen LogP contribution in [0, 0.1) is 0 Å². The van der Waals surface area contributed by atoms with Crippen molar-refractivity contribution < 1.29 is 0 Å². The average Bonchev–Trinajstić information content (AvgIpc) is 2.98. The van der Waals surface area contributed by atoms with Gasteiger partial charge in [-0.1, -0.05) is 12.1 Å². The van der Waals surface area contributed by atoms with Crippen LogP contribution in [0.3, 0.4) is 0 Å². The lowest BCUT2D eigenvalue weighted by molar-refractivity contribution is 0.205. The number of aromatic nitrogens is 1. The number of nitrogens with zero attached hydrogens (tertiary/aromatic N) is 2. The fourth-order valence-electron chi connectivity index (χ4n) is 3.56. The number of fused-ring (bicyclic) bond motifs is 2. The minimum Gasteiger partial charge on any atom is -0.292 e. The van der Waals surface area contributed by atoms with E-state index in [2.05, 4.69) is 59.5 Å². The van der Waals surface area contributed by atoms with Crippen molar-refractivity contribution >= 4 is 33.3 Å². The molecule has 1 aliphatic heterocycles. The Labute approximate surface area is 151 Å². The second kappa shape index (κ2) is 6.87. The molecule has 2 aromatic carbocycles. The van der Waals surface area contributed by atoms with Crippen LogP contribution in [0.2, 0.25) is 0 Å². The quantitative estimate of drug-likeness (QED) is 0.576. The zero-order valence-corrected chi connectivity index (χ0v) is 15.8. The van der Waals surface area contributed by atoms with Crippen molar-refractivity contribution in [2.75, 3.05) is 12.8 Å². The summed E-state index contributed by atoms with van der Waals surface area (Å²) in [4.78, 5) is 8.47. The van der Waals surface area contributed by atoms with Gasteiger partial charge in [-0.25, -0.2) is 4.98 Å². The summed E-state index contributed by atoms with van der Waals surface area (Å²) in [6.45, 7) is 4.52. The van der Waals surface area contributed by atoms with Crippen molar-refractivity contribution in [1.29, 1.82) is 0 Å². The first-order valence-electron chi connectivity index (χ1n) is 8.47. The van der Waals surface area contributed by atoms with E-state index in [-0.39, 0.29) is 0 Å². The molecule has 0 spiro atoms. The molecule has 0 aliphatic carbocycles. The third kappa shape index (κ3) is 3.10. The Bertz CT molecular complexity index is 856. The van der Waals surface area contributed by atoms with Crippen LogP contribution >= 0.6 is 23.1 Å². The molecule has 4 heteroatoms. The zero-order valence-electron chi connectivity index (χ0n) is 14.2. The fraction of sp³-hybridized carbons (Fsp3) is 0.350. The zero-order chi connectivity index (χ0) is 16.5. The molecule has 2 heterocycles. The molecule has 0 fully saturated rings. The van der Waals surface area contributed by atoms with Gasteiger partial charge in [0.25, 0.3) is 0 Å². The highest BCUT2D eigenvalue weighted by molar-refractivity contribution is 7.98. The maximum absolute atomic E-state index is 4.48. The maximum Gasteiger partial charge on any atom is 0.0815 e. The molecule has 3 aromatic rings. The minimum absolute atomic E-state index is 0.419. The van der Waals surface area contributed by atoms with Crippen molar-refractivity contribution in [3.63, 3.8) is 0 Å². The van der Waals surface area contributed by atoms with Crippen molar-refractivity contribution in [1.82, 2.24) is 9.88 Å². The molecule has 0 saturated carbocycles. The minimum atomic E-state index is 0.419. The summed E-state index contributed by atoms with van der Waals surface area (Å²) in [5.74, 6) is 0. The number of thiazole rings is 1. The number of hydrogen-bond acceptors (Lipinski definition) is 4. The highest BCUT2D eigenvalue weighted by Gasteiger charge is 2.20. The van der Waals surface area contributed by atoms with Crippen molar-refractivity contribution in [3.05, 3.63) is 58.6 Å². The Hall–Kier alpha value is -1.36. The number of benzene rings is 2. The molecule has 0 saturated heterocycles. The van der Waals surface area contributed by atoms with E-state index >= 15 is 0 Å². The molecule has 4 rings (SSSR count). The number of aryl methyl sites for hydroxylation is 1. The van der Waals surface area contributed by atoms with Gasteiger partial charge in [0.15, 0.2) is 0 Å². The number of hydrogen-bond donors (Lipinski definition) is 0. The molecular weight excluding hydrogens is 332 g/mol. The summed E-state index contributed by atoms with van der Waals surface area (Å²) in [6.07, 6.45) is 4.58. The van der Waals surface area contributed by atoms with E-state index in [9.17, 15) is 0 Å². The summed E-state index contributed by atoms with van der Waals surface area (Å²) in [5, 5.41) is 0. The predicted molar refractivity (Wildman–Crippen MR) is 105 cm³/mol. The van der Waals surface area contributed by atoms with Crippen molar-refractivity contribution in [2.24, 2.45) is 0 Å². The molecule has 2 nitrogen and oxygen atoms in total. The van der Waals surface area contributed by atoms with Crippen molar-refractivity contribution in [3.8, 4) is 0 Å². The smallest absolute Gasteiger partial charge is 0.0815 e. The molecule has 0 amide bonds. The molecule has 0 N–H and O–H groups in total. The molecular formula is C20H22N2S2. The van der Waals surface area contributed by atoms with Crippen LogP contribution < -0.4 is 0 Å². The van der Waals surface area contributed by atoms with Gasteiger partial charge in [-0.05, 0) is 73.5 Å². The summed E-state index contributed by atoms with van der Waals surface area (Å²) in [5.41, 5.74) is 7.46. The van der Waals surface area contributed by atoms with Crippen LogP contribution in [0.25, 0.3) is 10.2 Å². The number of thioether (sulfide) groups is 1. The molecule has 0 unspecified atom stereocenters. The van der Waals surface area contributed by atoms with Gasteiger partial charge in [-0.15, -0.1) is 23.1 Å². The van der Waals surface area contributed by atoms with E-state index in [4.69, 9.17) is 0 Å². The van der Waals surface area contributed by atoms with Gasteiger partial charge in [0.05, 0.1) is 15.7 Å². The van der Waals surface area contributed by atoms with Crippen LogP contribution in [0.4, 0.5) is 0 Å². The molecule has 124 valence electrons. The van der Waals surface area contributed by atoms with Gasteiger partial charge in [0, 0.05) is 17.5 Å². The van der Waals surface area contributed by atoms with E-state index in [0.717, 1.165) is 18.6 Å². The summed E-state index contributed by atoms with van der Waals surface area (Å²) >= 11 is 3.55. The predicted octanol–water partition coefficient (Wildman–Crippen LogP) is 5.53. The Kier molecular flexibility index (Phi) is 4.61. The average molecular weight is 355 g/mol. The first-order valence-corrected chi connectivity index (χ1v) is 10.6. The SMILES string of the molecule is CSc1ccc2c(c1)CCCN([C@H](C)c1ccc3scnc3c1)C2. The highest BCUT2D eigenvalue weighted by Crippen LogP contribution is 2.30. The van der Waals surface area contributed by atoms with Gasteiger partial charge in [-0.3, -0.25) is 4.90 Å². The van der Waals surface area contributed by atoms with E-state index < -0.39 is 0 Å². The molecule has 0 radical (unpaired) electrons. The largest absolute Gasteiger partial charge is 0.292 e. The standard InChI is InChI=1S/C20H22N2S2/c1-14(15-6-8-20-19(11-15)21-13-24-20)22-9-3-4-16-10-18(23-2)7-5-17(16)12-22/h5-8,10-11,13-14H,3-4,9,12H2,1-2H3/t14-/m1/s1. The van der Waals surface area contributed by atoms with Gasteiger partial charge in [-0.2, -0.15) is 0 Å². The Morgan fingerprint density at radius 2 is 2.08 bits per heavy atom. The Morgan fingerprint density at radius 1 is 1.17 bits per heavy atom. The van der Waals surface area contributed by atoms with E-state index in [0.29, 0.717) is 6.04 Å². The topological polar surface area (TPSA) is 16.1 Å². The lowest BCUT2D eigenvalue weighted by Gasteiger charge is -2.28. The van der Waals surface area contributed by atoms with E-state index in [1.807, 2.05) is 17.3 Å². The first-order chi connectivity index (χ1) is 11.7. The van der Waals surface area contributed by atoms with Gasteiger partial charge in [0.2, 0.25) is 0 Å². The van der Waals surface area contributed by atoms with E-state index in [1.165, 1.54) is 39.1 Å². The second-order valence-corrected chi connectivity index (χ2v) is 8.23. The van der Waals surface area contributed by atoms with E-state index in [1.54, 1.807) is 11.3 Å². The van der Waals surface area contributed by atoms with Crippen molar-refractivity contribution in [2.45, 2.75) is 37.2 Å². The van der Waals surface area contributed by atoms with Gasteiger partial charge < -0.3 is 0 Å². The third-order valence-corrected chi connectivity index (χ3v) is 6.60. The van der Waals surface area contributed by atoms with Crippen LogP contribution in [-0.4, -0.2) is 22.7 Å². The lowest BCUT2D eigenvalue weighted by atomic mass is 10.0. The molecule has 24 heavy (non-hydrogen) atoms. The van der Waals surface area contributed by atoms with Crippen LogP contribution in [0.15, 0.2) is 46.8 Å². The van der Waals surface area contributed by atoms with Crippen LogP contribution in [0.5, 0.6) is 0 Å². The summed E-state index contributed by atoms with van der Waals surface area (Å²) < 4.78 is 1.27. The van der Waals surface area contributed by atoms with Gasteiger partial charge in [0.1, 0.15) is 0 Å². The fourth-order valence-corrected chi connectivity index (χ4v) is 4.69. The molecule has 1 aromatic heterocycles. The van der Waals surface area contributed by atoms with Crippen LogP contribution in [-0.2, 0) is 13.0 Å². The second-order valence-electron chi connectivity index (χ2n) is 6.46. The monoisotopic (exact) mass is 354 g/mol.